The number of aryl methyl sites for hydroxylation is 2. The largest absolute Gasteiger partial charge is 0.271 e. The van der Waals surface area contributed by atoms with Gasteiger partial charge < -0.3 is 0 Å². The highest BCUT2D eigenvalue weighted by Gasteiger charge is 2.20. The van der Waals surface area contributed by atoms with Gasteiger partial charge in [0.1, 0.15) is 0 Å². The van der Waals surface area contributed by atoms with Crippen molar-refractivity contribution in [2.75, 3.05) is 0 Å². The first-order valence-corrected chi connectivity index (χ1v) is 6.72. The van der Waals surface area contributed by atoms with E-state index in [1.54, 1.807) is 6.07 Å². The number of fused-ring (bicyclic) bond motifs is 1. The maximum Gasteiger partial charge on any atom is 0.163 e. The van der Waals surface area contributed by atoms with Crippen LogP contribution in [0.15, 0.2) is 36.4 Å². The molecular formula is C16H16F2N2. The Morgan fingerprint density at radius 3 is 2.65 bits per heavy atom. The van der Waals surface area contributed by atoms with Crippen LogP contribution in [0.1, 0.15) is 34.7 Å². The Morgan fingerprint density at radius 1 is 1.05 bits per heavy atom. The molecule has 0 bridgehead atoms. The summed E-state index contributed by atoms with van der Waals surface area (Å²) in [6, 6.07) is 9.63. The fourth-order valence-corrected chi connectivity index (χ4v) is 2.88. The second-order valence-corrected chi connectivity index (χ2v) is 5.12. The number of benzene rings is 2. The lowest BCUT2D eigenvalue weighted by Gasteiger charge is -2.18. The van der Waals surface area contributed by atoms with E-state index in [4.69, 9.17) is 5.84 Å². The van der Waals surface area contributed by atoms with Crippen molar-refractivity contribution in [3.8, 4) is 0 Å². The van der Waals surface area contributed by atoms with Gasteiger partial charge in [0.15, 0.2) is 11.6 Å². The number of hydrogen-bond donors (Lipinski definition) is 2. The average molecular weight is 274 g/mol. The van der Waals surface area contributed by atoms with Gasteiger partial charge in [-0.15, -0.1) is 0 Å². The molecule has 0 heterocycles. The molecule has 3 N–H and O–H groups in total. The van der Waals surface area contributed by atoms with Gasteiger partial charge in [0.25, 0.3) is 0 Å². The van der Waals surface area contributed by atoms with E-state index in [2.05, 4.69) is 11.5 Å². The molecule has 104 valence electrons. The molecule has 0 fully saturated rings. The molecule has 1 aliphatic carbocycles. The number of rotatable bonds is 3. The second kappa shape index (κ2) is 5.31. The summed E-state index contributed by atoms with van der Waals surface area (Å²) in [5.74, 6) is 3.85. The van der Waals surface area contributed by atoms with Gasteiger partial charge in [-0.25, -0.2) is 14.2 Å². The minimum absolute atomic E-state index is 0.227. The van der Waals surface area contributed by atoms with Gasteiger partial charge in [0.2, 0.25) is 0 Å². The van der Waals surface area contributed by atoms with Crippen LogP contribution in [0.2, 0.25) is 0 Å². The number of hydrazine groups is 1. The third kappa shape index (κ3) is 2.21. The normalized spacial score (nSPS) is 15.2. The standard InChI is InChI=1S/C16H16F2N2/c17-14-6-2-5-13(15(14)18)16(20-19)12-8-7-10-3-1-4-11(10)9-12/h2,5-9,16,20H,1,3-4,19H2. The van der Waals surface area contributed by atoms with Crippen LogP contribution in [0, 0.1) is 11.6 Å². The third-order valence-electron chi connectivity index (χ3n) is 3.92. The SMILES string of the molecule is NNC(c1ccc2c(c1)CCC2)c1cccc(F)c1F. The predicted molar refractivity (Wildman–Crippen MR) is 74.0 cm³/mol. The average Bonchev–Trinajstić information content (AvgIpc) is 2.92. The predicted octanol–water partition coefficient (Wildman–Crippen LogP) is 3.01. The lowest BCUT2D eigenvalue weighted by Crippen LogP contribution is -2.29. The summed E-state index contributed by atoms with van der Waals surface area (Å²) in [6.07, 6.45) is 3.27. The number of halogens is 2. The zero-order chi connectivity index (χ0) is 14.1. The van der Waals surface area contributed by atoms with Crippen molar-refractivity contribution in [3.63, 3.8) is 0 Å². The lowest BCUT2D eigenvalue weighted by molar-refractivity contribution is 0.483. The third-order valence-corrected chi connectivity index (χ3v) is 3.92. The fourth-order valence-electron chi connectivity index (χ4n) is 2.88. The van der Waals surface area contributed by atoms with Crippen molar-refractivity contribution in [1.82, 2.24) is 5.43 Å². The summed E-state index contributed by atoms with van der Waals surface area (Å²) in [5.41, 5.74) is 6.29. The first-order valence-electron chi connectivity index (χ1n) is 6.72. The van der Waals surface area contributed by atoms with E-state index in [1.165, 1.54) is 17.2 Å². The summed E-state index contributed by atoms with van der Waals surface area (Å²) in [6.45, 7) is 0. The van der Waals surface area contributed by atoms with Crippen molar-refractivity contribution in [2.24, 2.45) is 5.84 Å². The molecule has 1 unspecified atom stereocenters. The van der Waals surface area contributed by atoms with E-state index in [-0.39, 0.29) is 5.56 Å². The molecule has 3 rings (SSSR count). The van der Waals surface area contributed by atoms with E-state index in [1.807, 2.05) is 12.1 Å². The van der Waals surface area contributed by atoms with E-state index in [0.717, 1.165) is 30.9 Å². The van der Waals surface area contributed by atoms with Gasteiger partial charge in [-0.3, -0.25) is 5.84 Å². The van der Waals surface area contributed by atoms with Crippen LogP contribution in [-0.4, -0.2) is 0 Å². The lowest BCUT2D eigenvalue weighted by atomic mass is 9.95. The molecule has 2 aromatic rings. The van der Waals surface area contributed by atoms with Crippen molar-refractivity contribution < 1.29 is 8.78 Å². The summed E-state index contributed by atoms with van der Waals surface area (Å²) in [7, 11) is 0. The van der Waals surface area contributed by atoms with E-state index in [0.29, 0.717) is 0 Å². The van der Waals surface area contributed by atoms with E-state index < -0.39 is 17.7 Å². The van der Waals surface area contributed by atoms with E-state index >= 15 is 0 Å². The van der Waals surface area contributed by atoms with Gasteiger partial charge >= 0.3 is 0 Å². The molecule has 0 spiro atoms. The summed E-state index contributed by atoms with van der Waals surface area (Å²) >= 11 is 0. The Labute approximate surface area is 116 Å². The van der Waals surface area contributed by atoms with Crippen LogP contribution < -0.4 is 11.3 Å². The van der Waals surface area contributed by atoms with E-state index in [9.17, 15) is 8.78 Å². The molecule has 0 aliphatic heterocycles. The van der Waals surface area contributed by atoms with Crippen molar-refractivity contribution >= 4 is 0 Å². The Kier molecular flexibility index (Phi) is 3.51. The Bertz CT molecular complexity index is 640. The Morgan fingerprint density at radius 2 is 1.85 bits per heavy atom. The summed E-state index contributed by atoms with van der Waals surface area (Å²) in [5, 5.41) is 0. The van der Waals surface area contributed by atoms with Gasteiger partial charge in [-0.2, -0.15) is 0 Å². The monoisotopic (exact) mass is 274 g/mol. The first kappa shape index (κ1) is 13.2. The first-order chi connectivity index (χ1) is 9.70. The van der Waals surface area contributed by atoms with Gasteiger partial charge in [-0.05, 0) is 42.0 Å². The molecule has 0 saturated carbocycles. The van der Waals surface area contributed by atoms with Gasteiger partial charge in [-0.1, -0.05) is 30.3 Å². The number of nitrogens with one attached hydrogen (secondary N) is 1. The van der Waals surface area contributed by atoms with Crippen molar-refractivity contribution in [3.05, 3.63) is 70.3 Å². The zero-order valence-corrected chi connectivity index (χ0v) is 11.0. The van der Waals surface area contributed by atoms with Gasteiger partial charge in [0, 0.05) is 5.56 Å². The molecule has 1 aliphatic rings. The molecule has 1 atom stereocenters. The minimum Gasteiger partial charge on any atom is -0.271 e. The topological polar surface area (TPSA) is 38.0 Å². The van der Waals surface area contributed by atoms with Crippen molar-refractivity contribution in [1.29, 1.82) is 0 Å². The quantitative estimate of drug-likeness (QED) is 0.667. The maximum absolute atomic E-state index is 13.9. The smallest absolute Gasteiger partial charge is 0.163 e. The highest BCUT2D eigenvalue weighted by Crippen LogP contribution is 2.29. The van der Waals surface area contributed by atoms with Crippen LogP contribution in [0.4, 0.5) is 8.78 Å². The van der Waals surface area contributed by atoms with Crippen LogP contribution in [0.5, 0.6) is 0 Å². The second-order valence-electron chi connectivity index (χ2n) is 5.12. The zero-order valence-electron chi connectivity index (χ0n) is 11.0. The fraction of sp³-hybridized carbons (Fsp3) is 0.250. The van der Waals surface area contributed by atoms with Gasteiger partial charge in [0.05, 0.1) is 6.04 Å². The number of hydrogen-bond acceptors (Lipinski definition) is 2. The minimum atomic E-state index is -0.857. The molecule has 0 aromatic heterocycles. The molecule has 0 radical (unpaired) electrons. The molecular weight excluding hydrogens is 258 g/mol. The summed E-state index contributed by atoms with van der Waals surface area (Å²) in [4.78, 5) is 0. The molecule has 20 heavy (non-hydrogen) atoms. The van der Waals surface area contributed by atoms with Crippen LogP contribution >= 0.6 is 0 Å². The van der Waals surface area contributed by atoms with Crippen LogP contribution in [-0.2, 0) is 12.8 Å². The summed E-state index contributed by atoms with van der Waals surface area (Å²) < 4.78 is 27.3. The maximum atomic E-state index is 13.9. The van der Waals surface area contributed by atoms with Crippen molar-refractivity contribution in [2.45, 2.75) is 25.3 Å². The molecule has 2 nitrogen and oxygen atoms in total. The van der Waals surface area contributed by atoms with Crippen LogP contribution in [0.25, 0.3) is 0 Å². The Balaban J connectivity index is 2.03. The highest BCUT2D eigenvalue weighted by atomic mass is 19.2. The number of nitrogens with two attached hydrogens (primary N) is 1. The van der Waals surface area contributed by atoms with Crippen LogP contribution in [0.3, 0.4) is 0 Å². The Hall–Kier alpha value is -1.78. The molecule has 4 heteroatoms. The molecule has 0 saturated heterocycles. The molecule has 2 aromatic carbocycles. The highest BCUT2D eigenvalue weighted by molar-refractivity contribution is 5.40. The molecule has 0 amide bonds.